The van der Waals surface area contributed by atoms with Gasteiger partial charge in [0, 0.05) is 57.8 Å². The first-order chi connectivity index (χ1) is 11.6. The number of amides is 1. The lowest BCUT2D eigenvalue weighted by atomic mass is 10.1. The third-order valence-corrected chi connectivity index (χ3v) is 5.88. The van der Waals surface area contributed by atoms with Crippen LogP contribution in [0.4, 0.5) is 0 Å². The van der Waals surface area contributed by atoms with Gasteiger partial charge in [-0.2, -0.15) is 0 Å². The van der Waals surface area contributed by atoms with E-state index in [9.17, 15) is 4.79 Å². The molecular formula is C19H38N4O. The van der Waals surface area contributed by atoms with E-state index in [2.05, 4.69) is 28.5 Å². The van der Waals surface area contributed by atoms with Crippen LogP contribution in [0.5, 0.6) is 0 Å². The van der Waals surface area contributed by atoms with Crippen LogP contribution in [0.25, 0.3) is 0 Å². The zero-order valence-corrected chi connectivity index (χ0v) is 15.9. The van der Waals surface area contributed by atoms with Crippen LogP contribution in [0.2, 0.25) is 0 Å². The summed E-state index contributed by atoms with van der Waals surface area (Å²) in [6.07, 6.45) is 7.79. The normalized spacial score (nSPS) is 26.2. The van der Waals surface area contributed by atoms with E-state index in [4.69, 9.17) is 5.73 Å². The minimum atomic E-state index is 0.351. The highest BCUT2D eigenvalue weighted by Gasteiger charge is 2.28. The van der Waals surface area contributed by atoms with Gasteiger partial charge < -0.3 is 10.6 Å². The van der Waals surface area contributed by atoms with Crippen molar-refractivity contribution in [1.29, 1.82) is 0 Å². The molecule has 0 aliphatic carbocycles. The molecule has 2 rings (SSSR count). The highest BCUT2D eigenvalue weighted by atomic mass is 16.2. The van der Waals surface area contributed by atoms with Crippen molar-refractivity contribution in [2.24, 2.45) is 5.73 Å². The molecule has 1 amide bonds. The number of rotatable bonds is 9. The lowest BCUT2D eigenvalue weighted by molar-refractivity contribution is -0.133. The minimum Gasteiger partial charge on any atom is -0.340 e. The van der Waals surface area contributed by atoms with Crippen LogP contribution in [0, 0.1) is 0 Å². The number of hydrogen-bond donors (Lipinski definition) is 1. The number of piperazine rings is 1. The summed E-state index contributed by atoms with van der Waals surface area (Å²) in [6.45, 7) is 11.7. The highest BCUT2D eigenvalue weighted by molar-refractivity contribution is 5.76. The Bertz CT molecular complexity index is 358. The Labute approximate surface area is 148 Å². The smallest absolute Gasteiger partial charge is 0.222 e. The summed E-state index contributed by atoms with van der Waals surface area (Å²) in [6, 6.07) is 1.48. The lowest BCUT2D eigenvalue weighted by Gasteiger charge is -2.36. The van der Waals surface area contributed by atoms with E-state index in [1.807, 2.05) is 0 Å². The molecule has 0 radical (unpaired) electrons. The third-order valence-electron chi connectivity index (χ3n) is 5.88. The average Bonchev–Trinajstić information content (AvgIpc) is 2.91. The van der Waals surface area contributed by atoms with Crippen molar-refractivity contribution in [3.05, 3.63) is 0 Å². The summed E-state index contributed by atoms with van der Waals surface area (Å²) >= 11 is 0. The van der Waals surface area contributed by atoms with Gasteiger partial charge in [0.05, 0.1) is 0 Å². The van der Waals surface area contributed by atoms with Crippen LogP contribution < -0.4 is 5.73 Å². The maximum absolute atomic E-state index is 12.3. The van der Waals surface area contributed by atoms with Gasteiger partial charge in [-0.25, -0.2) is 0 Å². The topological polar surface area (TPSA) is 52.8 Å². The minimum absolute atomic E-state index is 0.351. The number of nitrogens with two attached hydrogens (primary N) is 1. The number of nitrogens with zero attached hydrogens (tertiary/aromatic N) is 3. The Morgan fingerprint density at radius 1 is 0.917 bits per heavy atom. The first kappa shape index (κ1) is 19.7. The molecule has 2 heterocycles. The summed E-state index contributed by atoms with van der Waals surface area (Å²) in [5, 5.41) is 0. The fourth-order valence-corrected chi connectivity index (χ4v) is 4.10. The van der Waals surface area contributed by atoms with Crippen LogP contribution in [0.3, 0.4) is 0 Å². The van der Waals surface area contributed by atoms with Gasteiger partial charge in [0.15, 0.2) is 0 Å². The number of carbonyl (C=O) groups is 1. The quantitative estimate of drug-likeness (QED) is 0.653. The van der Waals surface area contributed by atoms with Gasteiger partial charge >= 0.3 is 0 Å². The predicted molar refractivity (Wildman–Crippen MR) is 100 cm³/mol. The van der Waals surface area contributed by atoms with E-state index in [0.29, 0.717) is 12.3 Å². The second-order valence-electron chi connectivity index (χ2n) is 7.69. The summed E-state index contributed by atoms with van der Waals surface area (Å²) in [4.78, 5) is 19.5. The van der Waals surface area contributed by atoms with Gasteiger partial charge in [0.2, 0.25) is 5.91 Å². The van der Waals surface area contributed by atoms with Crippen molar-refractivity contribution in [1.82, 2.24) is 14.7 Å². The molecule has 24 heavy (non-hydrogen) atoms. The second kappa shape index (κ2) is 10.4. The monoisotopic (exact) mass is 338 g/mol. The van der Waals surface area contributed by atoms with Gasteiger partial charge in [-0.05, 0) is 46.1 Å². The number of likely N-dealkylation sites (tertiary alicyclic amines) is 1. The van der Waals surface area contributed by atoms with E-state index < -0.39 is 0 Å². The van der Waals surface area contributed by atoms with Crippen molar-refractivity contribution in [2.45, 2.75) is 70.9 Å². The SMILES string of the molecule is CC1CCC(C)N1CCN1CCN(C(=O)CCCCCCN)CC1. The maximum Gasteiger partial charge on any atom is 0.222 e. The number of unbranched alkanes of at least 4 members (excludes halogenated alkanes) is 3. The fourth-order valence-electron chi connectivity index (χ4n) is 4.10. The predicted octanol–water partition coefficient (Wildman–Crippen LogP) is 1.91. The maximum atomic E-state index is 12.3. The summed E-state index contributed by atoms with van der Waals surface area (Å²) < 4.78 is 0. The van der Waals surface area contributed by atoms with Gasteiger partial charge in [0.1, 0.15) is 0 Å². The molecule has 0 aromatic rings. The Balaban J connectivity index is 1.58. The molecule has 0 aromatic heterocycles. The van der Waals surface area contributed by atoms with Crippen molar-refractivity contribution < 1.29 is 4.79 Å². The average molecular weight is 339 g/mol. The van der Waals surface area contributed by atoms with E-state index in [-0.39, 0.29) is 0 Å². The van der Waals surface area contributed by atoms with Gasteiger partial charge in [0.25, 0.3) is 0 Å². The van der Waals surface area contributed by atoms with Crippen LogP contribution in [0.15, 0.2) is 0 Å². The van der Waals surface area contributed by atoms with Gasteiger partial charge in [-0.1, -0.05) is 12.8 Å². The van der Waals surface area contributed by atoms with Crippen molar-refractivity contribution in [3.63, 3.8) is 0 Å². The van der Waals surface area contributed by atoms with Gasteiger partial charge in [-0.3, -0.25) is 14.6 Å². The number of hydrogen-bond acceptors (Lipinski definition) is 4. The molecule has 0 bridgehead atoms. The van der Waals surface area contributed by atoms with Crippen LogP contribution >= 0.6 is 0 Å². The third kappa shape index (κ3) is 6.01. The molecule has 5 nitrogen and oxygen atoms in total. The molecule has 140 valence electrons. The van der Waals surface area contributed by atoms with Crippen molar-refractivity contribution in [3.8, 4) is 0 Å². The highest BCUT2D eigenvalue weighted by Crippen LogP contribution is 2.22. The zero-order chi connectivity index (χ0) is 17.4. The fraction of sp³-hybridized carbons (Fsp3) is 0.947. The van der Waals surface area contributed by atoms with E-state index in [0.717, 1.165) is 77.0 Å². The number of carbonyl (C=O) groups excluding carboxylic acids is 1. The first-order valence-corrected chi connectivity index (χ1v) is 10.1. The molecule has 0 saturated carbocycles. The van der Waals surface area contributed by atoms with Crippen molar-refractivity contribution in [2.75, 3.05) is 45.8 Å². The van der Waals surface area contributed by atoms with E-state index in [1.54, 1.807) is 0 Å². The van der Waals surface area contributed by atoms with Crippen molar-refractivity contribution >= 4 is 5.91 Å². The second-order valence-corrected chi connectivity index (χ2v) is 7.69. The lowest BCUT2D eigenvalue weighted by Crippen LogP contribution is -2.50. The van der Waals surface area contributed by atoms with Crippen LogP contribution in [0.1, 0.15) is 58.8 Å². The van der Waals surface area contributed by atoms with Gasteiger partial charge in [-0.15, -0.1) is 0 Å². The Hall–Kier alpha value is -0.650. The molecule has 5 heteroatoms. The standard InChI is InChI=1S/C19H38N4O/c1-17-8-9-18(2)23(17)16-13-21-11-14-22(15-12-21)19(24)7-5-3-4-6-10-20/h17-18H,3-16,20H2,1-2H3. The summed E-state index contributed by atoms with van der Waals surface area (Å²) in [5.74, 6) is 0.351. The zero-order valence-electron chi connectivity index (χ0n) is 15.9. The molecular weight excluding hydrogens is 300 g/mol. The van der Waals surface area contributed by atoms with Crippen LogP contribution in [-0.2, 0) is 4.79 Å². The molecule has 2 aliphatic heterocycles. The molecule has 2 saturated heterocycles. The Morgan fingerprint density at radius 3 is 2.17 bits per heavy atom. The van der Waals surface area contributed by atoms with Crippen LogP contribution in [-0.4, -0.2) is 78.5 Å². The molecule has 2 aliphatic rings. The van der Waals surface area contributed by atoms with E-state index >= 15 is 0 Å². The molecule has 2 atom stereocenters. The summed E-state index contributed by atoms with van der Waals surface area (Å²) in [7, 11) is 0. The first-order valence-electron chi connectivity index (χ1n) is 10.1. The molecule has 2 N–H and O–H groups in total. The largest absolute Gasteiger partial charge is 0.340 e. The Kier molecular flexibility index (Phi) is 8.50. The molecule has 2 fully saturated rings. The summed E-state index contributed by atoms with van der Waals surface area (Å²) in [5.41, 5.74) is 5.50. The molecule has 0 spiro atoms. The molecule has 0 aromatic carbocycles. The Morgan fingerprint density at radius 2 is 1.54 bits per heavy atom. The molecule has 2 unspecified atom stereocenters. The van der Waals surface area contributed by atoms with E-state index in [1.165, 1.54) is 19.4 Å².